The Balaban J connectivity index is 1.80. The standard InChI is InChI=1S/C19H19N3O7/c23-17(20-14-6-8-15(9-7-14)22(27)28)11-10-16(18(24)25)21-19(26)29-12-13-4-2-1-3-5-13/h1-9,16H,10-12H2,(H,20,23)(H,21,26)(H,24,25)/t16-/m0/s1. The third-order valence-corrected chi connectivity index (χ3v) is 3.82. The Labute approximate surface area is 165 Å². The molecule has 0 unspecified atom stereocenters. The van der Waals surface area contributed by atoms with Crippen LogP contribution in [0.25, 0.3) is 0 Å². The van der Waals surface area contributed by atoms with Gasteiger partial charge in [0.05, 0.1) is 4.92 Å². The summed E-state index contributed by atoms with van der Waals surface area (Å²) in [5, 5.41) is 24.5. The quantitative estimate of drug-likeness (QED) is 0.432. The molecule has 0 spiro atoms. The Kier molecular flexibility index (Phi) is 7.66. The molecule has 29 heavy (non-hydrogen) atoms. The Morgan fingerprint density at radius 1 is 1.07 bits per heavy atom. The molecule has 0 radical (unpaired) electrons. The lowest BCUT2D eigenvalue weighted by molar-refractivity contribution is -0.384. The lowest BCUT2D eigenvalue weighted by Crippen LogP contribution is -2.41. The second kappa shape index (κ2) is 10.4. The van der Waals surface area contributed by atoms with E-state index in [-0.39, 0.29) is 25.1 Å². The van der Waals surface area contributed by atoms with E-state index in [2.05, 4.69) is 10.6 Å². The van der Waals surface area contributed by atoms with Gasteiger partial charge in [0.1, 0.15) is 12.6 Å². The molecule has 10 heteroatoms. The molecule has 1 atom stereocenters. The number of nitro groups is 1. The fraction of sp³-hybridized carbons (Fsp3) is 0.211. The van der Waals surface area contributed by atoms with Gasteiger partial charge in [0.2, 0.25) is 5.91 Å². The number of rotatable bonds is 9. The molecule has 0 saturated carbocycles. The Hall–Kier alpha value is -3.95. The summed E-state index contributed by atoms with van der Waals surface area (Å²) in [6, 6.07) is 12.8. The summed E-state index contributed by atoms with van der Waals surface area (Å²) in [6.45, 7) is -0.0142. The molecule has 2 aromatic rings. The van der Waals surface area contributed by atoms with E-state index < -0.39 is 28.9 Å². The Morgan fingerprint density at radius 3 is 2.31 bits per heavy atom. The lowest BCUT2D eigenvalue weighted by Gasteiger charge is -2.14. The van der Waals surface area contributed by atoms with E-state index in [1.54, 1.807) is 24.3 Å². The van der Waals surface area contributed by atoms with E-state index in [1.807, 2.05) is 6.07 Å². The van der Waals surface area contributed by atoms with Crippen molar-refractivity contribution in [3.05, 3.63) is 70.3 Å². The van der Waals surface area contributed by atoms with Crippen molar-refractivity contribution in [1.29, 1.82) is 0 Å². The first-order valence-electron chi connectivity index (χ1n) is 8.59. The SMILES string of the molecule is O=C(CC[C@H](NC(=O)OCc1ccccc1)C(=O)O)Nc1ccc([N+](=O)[O-])cc1. The molecule has 152 valence electrons. The number of ether oxygens (including phenoxy) is 1. The van der Waals surface area contributed by atoms with Gasteiger partial charge >= 0.3 is 12.1 Å². The summed E-state index contributed by atoms with van der Waals surface area (Å²) < 4.78 is 4.97. The number of alkyl carbamates (subject to hydrolysis) is 1. The van der Waals surface area contributed by atoms with E-state index in [0.717, 1.165) is 5.56 Å². The molecule has 3 N–H and O–H groups in total. The number of benzene rings is 2. The second-order valence-corrected chi connectivity index (χ2v) is 5.99. The monoisotopic (exact) mass is 401 g/mol. The minimum Gasteiger partial charge on any atom is -0.480 e. The molecule has 0 heterocycles. The number of non-ortho nitro benzene ring substituents is 1. The van der Waals surface area contributed by atoms with E-state index in [9.17, 15) is 29.6 Å². The molecule has 0 aliphatic rings. The van der Waals surface area contributed by atoms with Crippen LogP contribution < -0.4 is 10.6 Å². The number of amides is 2. The van der Waals surface area contributed by atoms with Gasteiger partial charge in [-0.1, -0.05) is 30.3 Å². The number of hydrogen-bond acceptors (Lipinski definition) is 6. The van der Waals surface area contributed by atoms with Gasteiger partial charge in [0.25, 0.3) is 5.69 Å². The molecular formula is C19H19N3O7. The van der Waals surface area contributed by atoms with Crippen molar-refractivity contribution in [2.75, 3.05) is 5.32 Å². The van der Waals surface area contributed by atoms with Crippen molar-refractivity contribution in [2.45, 2.75) is 25.5 Å². The molecule has 0 fully saturated rings. The highest BCUT2D eigenvalue weighted by Gasteiger charge is 2.22. The molecule has 0 saturated heterocycles. The van der Waals surface area contributed by atoms with Crippen LogP contribution in [-0.2, 0) is 20.9 Å². The van der Waals surface area contributed by atoms with Gasteiger partial charge in [0, 0.05) is 24.2 Å². The van der Waals surface area contributed by atoms with Crippen LogP contribution in [0.15, 0.2) is 54.6 Å². The smallest absolute Gasteiger partial charge is 0.408 e. The van der Waals surface area contributed by atoms with E-state index >= 15 is 0 Å². The first kappa shape index (κ1) is 21.4. The zero-order valence-electron chi connectivity index (χ0n) is 15.2. The van der Waals surface area contributed by atoms with Crippen LogP contribution in [0.3, 0.4) is 0 Å². The number of nitrogens with zero attached hydrogens (tertiary/aromatic N) is 1. The maximum Gasteiger partial charge on any atom is 0.408 e. The van der Waals surface area contributed by atoms with Crippen molar-refractivity contribution >= 4 is 29.3 Å². The first-order chi connectivity index (χ1) is 13.8. The number of carboxylic acids is 1. The van der Waals surface area contributed by atoms with Crippen molar-refractivity contribution in [3.63, 3.8) is 0 Å². The highest BCUT2D eigenvalue weighted by atomic mass is 16.6. The van der Waals surface area contributed by atoms with Gasteiger partial charge < -0.3 is 20.5 Å². The predicted octanol–water partition coefficient (Wildman–Crippen LogP) is 2.69. The average molecular weight is 401 g/mol. The summed E-state index contributed by atoms with van der Waals surface area (Å²) in [6.07, 6.45) is -1.25. The molecular weight excluding hydrogens is 382 g/mol. The van der Waals surface area contributed by atoms with Gasteiger partial charge in [-0.2, -0.15) is 0 Å². The Bertz CT molecular complexity index is 869. The maximum atomic E-state index is 12.0. The van der Waals surface area contributed by atoms with Crippen LogP contribution in [0, 0.1) is 10.1 Å². The van der Waals surface area contributed by atoms with Crippen molar-refractivity contribution in [2.24, 2.45) is 0 Å². The van der Waals surface area contributed by atoms with Crippen LogP contribution in [-0.4, -0.2) is 34.0 Å². The number of aliphatic carboxylic acids is 1. The first-order valence-corrected chi connectivity index (χ1v) is 8.59. The zero-order chi connectivity index (χ0) is 21.2. The molecule has 2 aromatic carbocycles. The number of carboxylic acid groups (broad SMARTS) is 1. The normalized spacial score (nSPS) is 11.2. The molecule has 2 rings (SSSR count). The van der Waals surface area contributed by atoms with E-state index in [0.29, 0.717) is 5.69 Å². The van der Waals surface area contributed by atoms with Gasteiger partial charge in [-0.15, -0.1) is 0 Å². The summed E-state index contributed by atoms with van der Waals surface area (Å²) in [4.78, 5) is 45.1. The largest absolute Gasteiger partial charge is 0.480 e. The topological polar surface area (TPSA) is 148 Å². The average Bonchev–Trinajstić information content (AvgIpc) is 2.70. The number of hydrogen-bond donors (Lipinski definition) is 3. The van der Waals surface area contributed by atoms with Crippen LogP contribution in [0.4, 0.5) is 16.2 Å². The third-order valence-electron chi connectivity index (χ3n) is 3.82. The minimum atomic E-state index is -1.30. The highest BCUT2D eigenvalue weighted by molar-refractivity contribution is 5.91. The fourth-order valence-corrected chi connectivity index (χ4v) is 2.33. The zero-order valence-corrected chi connectivity index (χ0v) is 15.2. The number of carbonyl (C=O) groups excluding carboxylic acids is 2. The lowest BCUT2D eigenvalue weighted by atomic mass is 10.1. The van der Waals surface area contributed by atoms with Crippen molar-refractivity contribution in [3.8, 4) is 0 Å². The van der Waals surface area contributed by atoms with Crippen LogP contribution in [0.2, 0.25) is 0 Å². The van der Waals surface area contributed by atoms with E-state index in [1.165, 1.54) is 24.3 Å². The number of nitro benzene ring substituents is 1. The molecule has 0 bridgehead atoms. The highest BCUT2D eigenvalue weighted by Crippen LogP contribution is 2.15. The van der Waals surface area contributed by atoms with Crippen LogP contribution in [0.5, 0.6) is 0 Å². The van der Waals surface area contributed by atoms with E-state index in [4.69, 9.17) is 4.74 Å². The summed E-state index contributed by atoms with van der Waals surface area (Å²) in [5.41, 5.74) is 0.965. The number of anilines is 1. The van der Waals surface area contributed by atoms with Crippen LogP contribution >= 0.6 is 0 Å². The molecule has 0 aliphatic carbocycles. The summed E-state index contributed by atoms with van der Waals surface area (Å²) >= 11 is 0. The van der Waals surface area contributed by atoms with Gasteiger partial charge in [-0.05, 0) is 24.1 Å². The third kappa shape index (κ3) is 7.29. The number of carbonyl (C=O) groups is 3. The fourth-order valence-electron chi connectivity index (χ4n) is 2.33. The summed E-state index contributed by atoms with van der Waals surface area (Å²) in [7, 11) is 0. The van der Waals surface area contributed by atoms with Gasteiger partial charge in [-0.3, -0.25) is 14.9 Å². The predicted molar refractivity (Wildman–Crippen MR) is 102 cm³/mol. The minimum absolute atomic E-state index is 0.0142. The van der Waals surface area contributed by atoms with Crippen molar-refractivity contribution < 1.29 is 29.2 Å². The molecule has 0 aliphatic heterocycles. The molecule has 2 amide bonds. The molecule has 10 nitrogen and oxygen atoms in total. The van der Waals surface area contributed by atoms with Crippen LogP contribution in [0.1, 0.15) is 18.4 Å². The Morgan fingerprint density at radius 2 is 1.72 bits per heavy atom. The van der Waals surface area contributed by atoms with Gasteiger partial charge in [-0.25, -0.2) is 9.59 Å². The number of nitrogens with one attached hydrogen (secondary N) is 2. The molecule has 0 aromatic heterocycles. The maximum absolute atomic E-state index is 12.0. The second-order valence-electron chi connectivity index (χ2n) is 5.99. The summed E-state index contributed by atoms with van der Waals surface area (Å²) in [5.74, 6) is -1.80. The van der Waals surface area contributed by atoms with Gasteiger partial charge in [0.15, 0.2) is 0 Å². The van der Waals surface area contributed by atoms with Crippen molar-refractivity contribution in [1.82, 2.24) is 5.32 Å².